The first-order valence-electron chi connectivity index (χ1n) is 10.2. The molecule has 1 atom stereocenters. The summed E-state index contributed by atoms with van der Waals surface area (Å²) < 4.78 is 0. The summed E-state index contributed by atoms with van der Waals surface area (Å²) in [5.41, 5.74) is 4.44. The topological polar surface area (TPSA) is 70.0 Å². The summed E-state index contributed by atoms with van der Waals surface area (Å²) in [7, 11) is 0. The Morgan fingerprint density at radius 3 is 2.45 bits per heavy atom. The van der Waals surface area contributed by atoms with Gasteiger partial charge in [0, 0.05) is 17.7 Å². The van der Waals surface area contributed by atoms with Crippen LogP contribution in [0.1, 0.15) is 49.8 Å². The van der Waals surface area contributed by atoms with Crippen molar-refractivity contribution in [3.63, 3.8) is 0 Å². The molecule has 5 heteroatoms. The lowest BCUT2D eigenvalue weighted by Gasteiger charge is -2.27. The number of hydrogen-bond acceptors (Lipinski definition) is 3. The van der Waals surface area contributed by atoms with Crippen LogP contribution in [-0.2, 0) is 9.59 Å². The van der Waals surface area contributed by atoms with E-state index in [0.717, 1.165) is 40.9 Å². The number of nitrogens with zero attached hydrogens (tertiary/aromatic N) is 2. The van der Waals surface area contributed by atoms with Gasteiger partial charge in [0.25, 0.3) is 5.91 Å². The Hall–Kier alpha value is -2.95. The van der Waals surface area contributed by atoms with Crippen molar-refractivity contribution in [1.29, 1.82) is 0 Å². The summed E-state index contributed by atoms with van der Waals surface area (Å²) in [4.78, 5) is 31.5. The number of aliphatic imine (C=N–C) groups is 1. The molecular weight excluding hydrogens is 364 g/mol. The van der Waals surface area contributed by atoms with E-state index >= 15 is 0 Å². The van der Waals surface area contributed by atoms with Crippen LogP contribution in [-0.4, -0.2) is 35.3 Å². The molecule has 0 radical (unpaired) electrons. The molecule has 0 saturated carbocycles. The predicted octanol–water partition coefficient (Wildman–Crippen LogP) is 4.46. The van der Waals surface area contributed by atoms with Crippen molar-refractivity contribution in [3.8, 4) is 0 Å². The quantitative estimate of drug-likeness (QED) is 0.756. The summed E-state index contributed by atoms with van der Waals surface area (Å²) in [5.74, 6) is -0.932. The zero-order valence-electron chi connectivity index (χ0n) is 17.3. The fourth-order valence-electron chi connectivity index (χ4n) is 3.92. The Morgan fingerprint density at radius 2 is 1.83 bits per heavy atom. The van der Waals surface area contributed by atoms with Gasteiger partial charge < -0.3 is 10.0 Å². The Kier molecular flexibility index (Phi) is 6.47. The minimum atomic E-state index is -0.918. The standard InChI is InChI=1S/C24H28N2O3/c1-4-17(5-2)23-24(29)26(14-13-21(27)28)20-12-11-16(3)15-19(20)22(25-23)18-9-7-6-8-10-18/h6-12,15,17,23H,4-5,13-14H2,1-3H3,(H,27,28). The molecular formula is C24H28N2O3. The van der Waals surface area contributed by atoms with Crippen LogP contribution in [0.25, 0.3) is 0 Å². The van der Waals surface area contributed by atoms with Gasteiger partial charge in [-0.05, 0) is 25.0 Å². The number of anilines is 1. The van der Waals surface area contributed by atoms with Gasteiger partial charge in [0.05, 0.1) is 17.8 Å². The highest BCUT2D eigenvalue weighted by Crippen LogP contribution is 2.32. The van der Waals surface area contributed by atoms with Gasteiger partial charge in [-0.15, -0.1) is 0 Å². The van der Waals surface area contributed by atoms with Crippen LogP contribution < -0.4 is 4.90 Å². The van der Waals surface area contributed by atoms with Gasteiger partial charge >= 0.3 is 5.97 Å². The summed E-state index contributed by atoms with van der Waals surface area (Å²) >= 11 is 0. The van der Waals surface area contributed by atoms with Crippen LogP contribution in [0, 0.1) is 12.8 Å². The number of aliphatic carboxylic acids is 1. The van der Waals surface area contributed by atoms with E-state index in [-0.39, 0.29) is 24.8 Å². The molecule has 2 aromatic carbocycles. The fourth-order valence-corrected chi connectivity index (χ4v) is 3.92. The molecule has 0 aliphatic carbocycles. The average Bonchev–Trinajstić information content (AvgIpc) is 2.83. The molecule has 0 saturated heterocycles. The number of benzodiazepines with no additional fused rings is 1. The van der Waals surface area contributed by atoms with Gasteiger partial charge in [0.1, 0.15) is 6.04 Å². The first-order chi connectivity index (χ1) is 14.0. The number of fused-ring (bicyclic) bond motifs is 1. The number of carboxylic acids is 1. The second kappa shape index (κ2) is 9.03. The van der Waals surface area contributed by atoms with Crippen LogP contribution in [0.15, 0.2) is 53.5 Å². The number of benzene rings is 2. The zero-order chi connectivity index (χ0) is 21.0. The fraction of sp³-hybridized carbons (Fsp3) is 0.375. The van der Waals surface area contributed by atoms with Crippen LogP contribution in [0.2, 0.25) is 0 Å². The Bertz CT molecular complexity index is 917. The Labute approximate surface area is 172 Å². The van der Waals surface area contributed by atoms with Crippen LogP contribution in [0.4, 0.5) is 5.69 Å². The van der Waals surface area contributed by atoms with E-state index in [9.17, 15) is 14.7 Å². The maximum atomic E-state index is 13.6. The average molecular weight is 392 g/mol. The molecule has 0 fully saturated rings. The second-order valence-electron chi connectivity index (χ2n) is 7.52. The predicted molar refractivity (Wildman–Crippen MR) is 116 cm³/mol. The molecule has 1 N–H and O–H groups in total. The number of amides is 1. The number of carbonyl (C=O) groups excluding carboxylic acids is 1. The van der Waals surface area contributed by atoms with Crippen molar-refractivity contribution < 1.29 is 14.7 Å². The molecule has 1 amide bonds. The zero-order valence-corrected chi connectivity index (χ0v) is 17.3. The Morgan fingerprint density at radius 1 is 1.14 bits per heavy atom. The number of hydrogen-bond donors (Lipinski definition) is 1. The highest BCUT2D eigenvalue weighted by atomic mass is 16.4. The maximum Gasteiger partial charge on any atom is 0.305 e. The van der Waals surface area contributed by atoms with Gasteiger partial charge in [0.2, 0.25) is 0 Å². The minimum absolute atomic E-state index is 0.101. The van der Waals surface area contributed by atoms with Crippen molar-refractivity contribution in [1.82, 2.24) is 0 Å². The number of carbonyl (C=O) groups is 2. The van der Waals surface area contributed by atoms with Crippen molar-refractivity contribution >= 4 is 23.3 Å². The summed E-state index contributed by atoms with van der Waals surface area (Å²) in [6.07, 6.45) is 1.57. The molecule has 1 aliphatic heterocycles. The van der Waals surface area contributed by atoms with Gasteiger partial charge in [0.15, 0.2) is 0 Å². The lowest BCUT2D eigenvalue weighted by molar-refractivity contribution is -0.136. The lowest BCUT2D eigenvalue weighted by Crippen LogP contribution is -2.42. The summed E-state index contributed by atoms with van der Waals surface area (Å²) in [6.45, 7) is 6.29. The molecule has 1 unspecified atom stereocenters. The Balaban J connectivity index is 2.23. The van der Waals surface area contributed by atoms with Crippen molar-refractivity contribution in [3.05, 3.63) is 65.2 Å². The molecule has 152 valence electrons. The molecule has 1 heterocycles. The van der Waals surface area contributed by atoms with Gasteiger partial charge in [-0.2, -0.15) is 0 Å². The van der Waals surface area contributed by atoms with E-state index in [1.807, 2.05) is 55.5 Å². The molecule has 1 aliphatic rings. The second-order valence-corrected chi connectivity index (χ2v) is 7.52. The molecule has 3 rings (SSSR count). The molecule has 0 aromatic heterocycles. The van der Waals surface area contributed by atoms with Crippen LogP contribution in [0.5, 0.6) is 0 Å². The molecule has 2 aromatic rings. The van der Waals surface area contributed by atoms with E-state index in [1.54, 1.807) is 4.90 Å². The van der Waals surface area contributed by atoms with Gasteiger partial charge in [-0.3, -0.25) is 14.6 Å². The van der Waals surface area contributed by atoms with E-state index in [0.29, 0.717) is 0 Å². The van der Waals surface area contributed by atoms with Gasteiger partial charge in [-0.1, -0.05) is 68.7 Å². The molecule has 29 heavy (non-hydrogen) atoms. The maximum absolute atomic E-state index is 13.6. The third kappa shape index (κ3) is 4.39. The third-order valence-corrected chi connectivity index (χ3v) is 5.58. The monoisotopic (exact) mass is 392 g/mol. The van der Waals surface area contributed by atoms with Crippen molar-refractivity contribution in [2.75, 3.05) is 11.4 Å². The highest BCUT2D eigenvalue weighted by Gasteiger charge is 2.35. The number of rotatable bonds is 7. The lowest BCUT2D eigenvalue weighted by atomic mass is 9.93. The molecule has 5 nitrogen and oxygen atoms in total. The SMILES string of the molecule is CCC(CC)C1N=C(c2ccccc2)c2cc(C)ccc2N(CCC(=O)O)C1=O. The first kappa shape index (κ1) is 20.8. The largest absolute Gasteiger partial charge is 0.481 e. The van der Waals surface area contributed by atoms with E-state index in [4.69, 9.17) is 4.99 Å². The minimum Gasteiger partial charge on any atom is -0.481 e. The van der Waals surface area contributed by atoms with Crippen molar-refractivity contribution in [2.45, 2.75) is 46.1 Å². The van der Waals surface area contributed by atoms with Crippen LogP contribution >= 0.6 is 0 Å². The normalized spacial score (nSPS) is 16.4. The van der Waals surface area contributed by atoms with E-state index in [1.165, 1.54) is 0 Å². The van der Waals surface area contributed by atoms with Crippen LogP contribution in [0.3, 0.4) is 0 Å². The van der Waals surface area contributed by atoms with Crippen molar-refractivity contribution in [2.24, 2.45) is 10.9 Å². The summed E-state index contributed by atoms with van der Waals surface area (Å²) in [5, 5.41) is 9.22. The van der Waals surface area contributed by atoms with Gasteiger partial charge in [-0.25, -0.2) is 0 Å². The highest BCUT2D eigenvalue weighted by molar-refractivity contribution is 6.20. The first-order valence-corrected chi connectivity index (χ1v) is 10.2. The number of carboxylic acid groups (broad SMARTS) is 1. The number of aryl methyl sites for hydroxylation is 1. The van der Waals surface area contributed by atoms with E-state index in [2.05, 4.69) is 13.8 Å². The molecule has 0 bridgehead atoms. The smallest absolute Gasteiger partial charge is 0.305 e. The summed E-state index contributed by atoms with van der Waals surface area (Å²) in [6, 6.07) is 15.3. The molecule has 0 spiro atoms. The third-order valence-electron chi connectivity index (χ3n) is 5.58. The van der Waals surface area contributed by atoms with E-state index < -0.39 is 12.0 Å².